The second kappa shape index (κ2) is 7.14. The van der Waals surface area contributed by atoms with Gasteiger partial charge in [-0.25, -0.2) is 14.2 Å². The smallest absolute Gasteiger partial charge is 0.299 e. The molecule has 2 fully saturated rings. The van der Waals surface area contributed by atoms with Crippen LogP contribution in [0, 0.1) is 6.92 Å². The number of rotatable bonds is 5. The summed E-state index contributed by atoms with van der Waals surface area (Å²) in [7, 11) is 0. The third-order valence-electron chi connectivity index (χ3n) is 6.02. The number of nitrogens with one attached hydrogen (secondary N) is 1. The maximum atomic E-state index is 12.9. The molecule has 4 aromatic rings. The third-order valence-corrected chi connectivity index (χ3v) is 6.02. The van der Waals surface area contributed by atoms with Crippen LogP contribution in [-0.4, -0.2) is 54.4 Å². The SMILES string of the molecule is Cc1nn(CC(=O)N[C@@H]2CCN(c3nc4cccnc4o3)C2)c(=O)c2cc(C3CC3)nn12. The van der Waals surface area contributed by atoms with E-state index in [2.05, 4.69) is 25.5 Å². The number of aryl methyl sites for hydroxylation is 1. The first kappa shape index (κ1) is 19.0. The van der Waals surface area contributed by atoms with Crippen LogP contribution in [0.1, 0.15) is 36.7 Å². The summed E-state index contributed by atoms with van der Waals surface area (Å²) in [6.45, 7) is 2.94. The first-order valence-corrected chi connectivity index (χ1v) is 10.8. The molecule has 1 atom stereocenters. The van der Waals surface area contributed by atoms with E-state index in [9.17, 15) is 9.59 Å². The number of anilines is 1. The standard InChI is InChI=1S/C21H22N8O3/c1-12-25-28(20(31)17-9-16(13-4-5-13)26-29(12)17)11-18(30)23-14-6-8-27(10-14)21-24-15-3-2-7-22-19(15)32-21/h2-3,7,9,13-14H,4-6,8,10-11H2,1H3,(H,23,30)/t14-/m1/s1. The Hall–Kier alpha value is -3.76. The van der Waals surface area contributed by atoms with E-state index < -0.39 is 0 Å². The molecule has 11 heteroatoms. The molecule has 0 bridgehead atoms. The Morgan fingerprint density at radius 1 is 1.28 bits per heavy atom. The maximum Gasteiger partial charge on any atom is 0.299 e. The van der Waals surface area contributed by atoms with Gasteiger partial charge in [0, 0.05) is 31.2 Å². The lowest BCUT2D eigenvalue weighted by atomic mass is 10.2. The second-order valence-corrected chi connectivity index (χ2v) is 8.47. The normalized spacial score (nSPS) is 18.7. The molecule has 0 spiro atoms. The molecule has 6 rings (SSSR count). The largest absolute Gasteiger partial charge is 0.404 e. The molecule has 1 N–H and O–H groups in total. The molecule has 164 valence electrons. The van der Waals surface area contributed by atoms with Crippen LogP contribution < -0.4 is 15.8 Å². The van der Waals surface area contributed by atoms with Gasteiger partial charge < -0.3 is 14.6 Å². The topological polar surface area (TPSA) is 123 Å². The van der Waals surface area contributed by atoms with Crippen molar-refractivity contribution in [1.29, 1.82) is 0 Å². The van der Waals surface area contributed by atoms with Crippen molar-refractivity contribution in [3.8, 4) is 0 Å². The van der Waals surface area contributed by atoms with Crippen LogP contribution in [0.3, 0.4) is 0 Å². The van der Waals surface area contributed by atoms with Crippen LogP contribution in [0.25, 0.3) is 16.7 Å². The summed E-state index contributed by atoms with van der Waals surface area (Å²) < 4.78 is 8.52. The van der Waals surface area contributed by atoms with Gasteiger partial charge in [-0.3, -0.25) is 9.59 Å². The van der Waals surface area contributed by atoms with Crippen molar-refractivity contribution in [2.45, 2.75) is 44.7 Å². The minimum absolute atomic E-state index is 0.0672. The molecular weight excluding hydrogens is 412 g/mol. The van der Waals surface area contributed by atoms with Gasteiger partial charge in [-0.05, 0) is 44.4 Å². The molecule has 0 unspecified atom stereocenters. The average Bonchev–Trinajstić information content (AvgIpc) is 3.18. The number of nitrogens with zero attached hydrogens (tertiary/aromatic N) is 7. The first-order valence-electron chi connectivity index (χ1n) is 10.8. The van der Waals surface area contributed by atoms with Crippen molar-refractivity contribution in [1.82, 2.24) is 34.7 Å². The van der Waals surface area contributed by atoms with E-state index in [4.69, 9.17) is 4.42 Å². The van der Waals surface area contributed by atoms with E-state index in [0.29, 0.717) is 47.6 Å². The molecule has 0 radical (unpaired) electrons. The van der Waals surface area contributed by atoms with Crippen molar-refractivity contribution in [2.75, 3.05) is 18.0 Å². The van der Waals surface area contributed by atoms with E-state index >= 15 is 0 Å². The zero-order chi connectivity index (χ0) is 21.8. The zero-order valence-electron chi connectivity index (χ0n) is 17.6. The molecule has 32 heavy (non-hydrogen) atoms. The van der Waals surface area contributed by atoms with Gasteiger partial charge in [0.05, 0.1) is 5.69 Å². The van der Waals surface area contributed by atoms with Crippen LogP contribution in [-0.2, 0) is 11.3 Å². The molecule has 1 aliphatic heterocycles. The Kier molecular flexibility index (Phi) is 4.23. The molecule has 4 aromatic heterocycles. The quantitative estimate of drug-likeness (QED) is 0.494. The van der Waals surface area contributed by atoms with E-state index in [1.807, 2.05) is 23.1 Å². The second-order valence-electron chi connectivity index (χ2n) is 8.47. The summed E-state index contributed by atoms with van der Waals surface area (Å²) in [6.07, 6.45) is 4.62. The average molecular weight is 434 g/mol. The Labute approximate surface area is 182 Å². The molecular formula is C21H22N8O3. The summed E-state index contributed by atoms with van der Waals surface area (Å²) in [5.41, 5.74) is 2.28. The molecule has 1 aliphatic carbocycles. The molecule has 1 amide bonds. The third kappa shape index (κ3) is 3.29. The van der Waals surface area contributed by atoms with Gasteiger partial charge in [-0.1, -0.05) is 0 Å². The number of hydrogen-bond donors (Lipinski definition) is 1. The summed E-state index contributed by atoms with van der Waals surface area (Å²) in [4.78, 5) is 36.1. The van der Waals surface area contributed by atoms with Gasteiger partial charge in [0.25, 0.3) is 11.6 Å². The summed E-state index contributed by atoms with van der Waals surface area (Å²) >= 11 is 0. The van der Waals surface area contributed by atoms with Crippen molar-refractivity contribution >= 4 is 28.7 Å². The first-order chi connectivity index (χ1) is 15.5. The van der Waals surface area contributed by atoms with Gasteiger partial charge in [0.1, 0.15) is 23.4 Å². The summed E-state index contributed by atoms with van der Waals surface area (Å²) in [6, 6.07) is 5.92. The molecule has 1 saturated carbocycles. The van der Waals surface area contributed by atoms with Crippen LogP contribution in [0.15, 0.2) is 33.6 Å². The number of carbonyl (C=O) groups is 1. The van der Waals surface area contributed by atoms with Crippen molar-refractivity contribution in [2.24, 2.45) is 0 Å². The van der Waals surface area contributed by atoms with E-state index in [0.717, 1.165) is 25.0 Å². The molecule has 5 heterocycles. The fourth-order valence-electron chi connectivity index (χ4n) is 4.23. The number of pyridine rings is 1. The predicted octanol–water partition coefficient (Wildman–Crippen LogP) is 1.01. The van der Waals surface area contributed by atoms with E-state index in [1.165, 1.54) is 4.68 Å². The monoisotopic (exact) mass is 434 g/mol. The Morgan fingerprint density at radius 3 is 2.97 bits per heavy atom. The van der Waals surface area contributed by atoms with Crippen LogP contribution >= 0.6 is 0 Å². The lowest BCUT2D eigenvalue weighted by molar-refractivity contribution is -0.122. The van der Waals surface area contributed by atoms with Crippen molar-refractivity contribution in [3.05, 3.63) is 46.3 Å². The van der Waals surface area contributed by atoms with Crippen molar-refractivity contribution < 1.29 is 9.21 Å². The zero-order valence-corrected chi connectivity index (χ0v) is 17.6. The maximum absolute atomic E-state index is 12.9. The Balaban J connectivity index is 1.14. The van der Waals surface area contributed by atoms with Crippen LogP contribution in [0.4, 0.5) is 6.01 Å². The number of amides is 1. The molecule has 1 saturated heterocycles. The molecule has 0 aromatic carbocycles. The number of hydrogen-bond acceptors (Lipinski definition) is 8. The lowest BCUT2D eigenvalue weighted by Gasteiger charge is -2.15. The van der Waals surface area contributed by atoms with Gasteiger partial charge >= 0.3 is 0 Å². The minimum atomic E-state index is -0.308. The van der Waals surface area contributed by atoms with Gasteiger partial charge in [0.15, 0.2) is 0 Å². The van der Waals surface area contributed by atoms with Crippen molar-refractivity contribution in [3.63, 3.8) is 0 Å². The summed E-state index contributed by atoms with van der Waals surface area (Å²) in [5, 5.41) is 11.8. The van der Waals surface area contributed by atoms with E-state index in [-0.39, 0.29) is 24.1 Å². The highest BCUT2D eigenvalue weighted by molar-refractivity contribution is 5.76. The Bertz CT molecular complexity index is 1370. The lowest BCUT2D eigenvalue weighted by Crippen LogP contribution is -2.41. The fourth-order valence-corrected chi connectivity index (χ4v) is 4.23. The fraction of sp³-hybridized carbons (Fsp3) is 0.429. The van der Waals surface area contributed by atoms with Gasteiger partial charge in [-0.15, -0.1) is 0 Å². The van der Waals surface area contributed by atoms with E-state index in [1.54, 1.807) is 17.6 Å². The minimum Gasteiger partial charge on any atom is -0.404 e. The van der Waals surface area contributed by atoms with Crippen LogP contribution in [0.5, 0.6) is 0 Å². The number of carbonyl (C=O) groups excluding carboxylic acids is 1. The molecule has 11 nitrogen and oxygen atoms in total. The number of fused-ring (bicyclic) bond motifs is 2. The van der Waals surface area contributed by atoms with Gasteiger partial charge in [-0.2, -0.15) is 15.2 Å². The molecule has 2 aliphatic rings. The Morgan fingerprint density at radius 2 is 2.16 bits per heavy atom. The highest BCUT2D eigenvalue weighted by Crippen LogP contribution is 2.39. The number of aromatic nitrogens is 6. The van der Waals surface area contributed by atoms with Crippen LogP contribution in [0.2, 0.25) is 0 Å². The highest BCUT2D eigenvalue weighted by atomic mass is 16.4. The number of oxazole rings is 1. The van der Waals surface area contributed by atoms with Gasteiger partial charge in [0.2, 0.25) is 11.6 Å². The highest BCUT2D eigenvalue weighted by Gasteiger charge is 2.29. The summed E-state index contributed by atoms with van der Waals surface area (Å²) in [5.74, 6) is 0.764. The predicted molar refractivity (Wildman–Crippen MR) is 115 cm³/mol.